The summed E-state index contributed by atoms with van der Waals surface area (Å²) in [5, 5.41) is 3.34. The molecular formula is C27H32N5O3P. The molecule has 36 heavy (non-hydrogen) atoms. The van der Waals surface area contributed by atoms with Crippen molar-refractivity contribution >= 4 is 37.5 Å². The Balaban J connectivity index is 1.36. The number of esters is 1. The fourth-order valence-corrected chi connectivity index (χ4v) is 4.41. The first-order valence-corrected chi connectivity index (χ1v) is 13.6. The van der Waals surface area contributed by atoms with Gasteiger partial charge in [0.15, 0.2) is 5.65 Å². The van der Waals surface area contributed by atoms with Crippen molar-refractivity contribution in [2.75, 3.05) is 25.7 Å². The highest BCUT2D eigenvalue weighted by Crippen LogP contribution is 2.25. The molecule has 188 valence electrons. The highest BCUT2D eigenvalue weighted by atomic mass is 31.1. The number of ether oxygens (including phenoxy) is 2. The van der Waals surface area contributed by atoms with Crippen molar-refractivity contribution in [2.24, 2.45) is 0 Å². The molecule has 0 bridgehead atoms. The molecule has 0 amide bonds. The van der Waals surface area contributed by atoms with Crippen LogP contribution in [0.5, 0.6) is 5.75 Å². The van der Waals surface area contributed by atoms with Crippen LogP contribution in [0.1, 0.15) is 43.4 Å². The molecule has 0 fully saturated rings. The minimum atomic E-state index is -0.144. The van der Waals surface area contributed by atoms with Crippen LogP contribution in [0.4, 0.5) is 11.6 Å². The summed E-state index contributed by atoms with van der Waals surface area (Å²) in [5.41, 5.74) is 4.65. The number of nitrogens with zero attached hydrogens (tertiary/aromatic N) is 4. The SMILES string of the molecule is COC(=O)CCCCCCOc1ccc(Nc2nc(Cc3ccccc3)c3ncn(PC)c3n2)cc1. The smallest absolute Gasteiger partial charge is 0.305 e. The van der Waals surface area contributed by atoms with Crippen LogP contribution in [0.2, 0.25) is 0 Å². The summed E-state index contributed by atoms with van der Waals surface area (Å²) in [6, 6.07) is 18.1. The third-order valence-electron chi connectivity index (χ3n) is 5.81. The Labute approximate surface area is 213 Å². The topological polar surface area (TPSA) is 91.2 Å². The van der Waals surface area contributed by atoms with Gasteiger partial charge in [0, 0.05) is 18.5 Å². The monoisotopic (exact) mass is 505 g/mol. The largest absolute Gasteiger partial charge is 0.494 e. The Kier molecular flexibility index (Phi) is 9.22. The lowest BCUT2D eigenvalue weighted by Gasteiger charge is -2.10. The van der Waals surface area contributed by atoms with E-state index >= 15 is 0 Å². The van der Waals surface area contributed by atoms with E-state index in [0.29, 0.717) is 34.1 Å². The zero-order valence-corrected chi connectivity index (χ0v) is 21.7. The van der Waals surface area contributed by atoms with Crippen LogP contribution < -0.4 is 10.1 Å². The molecule has 2 aromatic carbocycles. The lowest BCUT2D eigenvalue weighted by Crippen LogP contribution is -2.03. The van der Waals surface area contributed by atoms with E-state index in [9.17, 15) is 4.79 Å². The van der Waals surface area contributed by atoms with Crippen molar-refractivity contribution in [3.05, 3.63) is 72.2 Å². The first-order valence-electron chi connectivity index (χ1n) is 12.2. The fraction of sp³-hybridized carbons (Fsp3) is 0.333. The standard InChI is InChI=1S/C27H32N5O3P/c1-34-24(33)12-8-3-4-9-17-35-22-15-13-21(14-16-22)29-27-30-23(18-20-10-6-5-7-11-20)25-26(31-27)32(36-2)19-28-25/h5-7,10-11,13-16,19,36H,3-4,8-9,12,17-18H2,1-2H3,(H,29,30,31). The van der Waals surface area contributed by atoms with Gasteiger partial charge in [-0.2, -0.15) is 4.98 Å². The molecule has 2 heterocycles. The normalized spacial score (nSPS) is 11.3. The number of imidazole rings is 1. The third-order valence-corrected chi connectivity index (χ3v) is 6.61. The Hall–Kier alpha value is -3.51. The summed E-state index contributed by atoms with van der Waals surface area (Å²) in [6.45, 7) is 2.75. The van der Waals surface area contributed by atoms with Gasteiger partial charge in [-0.05, 0) is 58.1 Å². The predicted molar refractivity (Wildman–Crippen MR) is 145 cm³/mol. The molecule has 0 saturated heterocycles. The van der Waals surface area contributed by atoms with Crippen molar-refractivity contribution in [1.82, 2.24) is 19.3 Å². The average molecular weight is 506 g/mol. The second-order valence-electron chi connectivity index (χ2n) is 8.40. The Morgan fingerprint density at radius 1 is 1.00 bits per heavy atom. The van der Waals surface area contributed by atoms with Crippen LogP contribution in [-0.2, 0) is 16.0 Å². The van der Waals surface area contributed by atoms with Gasteiger partial charge in [-0.3, -0.25) is 9.13 Å². The number of benzene rings is 2. The van der Waals surface area contributed by atoms with Crippen LogP contribution in [-0.4, -0.2) is 45.6 Å². The molecule has 4 rings (SSSR count). The highest BCUT2D eigenvalue weighted by molar-refractivity contribution is 7.35. The molecule has 0 saturated carbocycles. The molecule has 1 unspecified atom stereocenters. The number of hydrogen-bond acceptors (Lipinski definition) is 7. The molecule has 0 spiro atoms. The Morgan fingerprint density at radius 2 is 1.78 bits per heavy atom. The van der Waals surface area contributed by atoms with Crippen LogP contribution in [0.3, 0.4) is 0 Å². The van der Waals surface area contributed by atoms with Gasteiger partial charge >= 0.3 is 5.97 Å². The van der Waals surface area contributed by atoms with E-state index in [1.165, 1.54) is 12.7 Å². The van der Waals surface area contributed by atoms with Crippen molar-refractivity contribution in [2.45, 2.75) is 38.5 Å². The van der Waals surface area contributed by atoms with E-state index in [1.807, 2.05) is 48.8 Å². The maximum Gasteiger partial charge on any atom is 0.305 e. The minimum absolute atomic E-state index is 0.144. The van der Waals surface area contributed by atoms with E-state index in [1.54, 1.807) is 0 Å². The van der Waals surface area contributed by atoms with Crippen molar-refractivity contribution in [3.63, 3.8) is 0 Å². The van der Waals surface area contributed by atoms with Gasteiger partial charge in [-0.15, -0.1) is 0 Å². The number of methoxy groups -OCH3 is 1. The number of carbonyl (C=O) groups is 1. The third kappa shape index (κ3) is 7.01. The zero-order valence-electron chi connectivity index (χ0n) is 20.7. The summed E-state index contributed by atoms with van der Waals surface area (Å²) in [4.78, 5) is 25.3. The molecule has 0 aliphatic carbocycles. The fourth-order valence-electron chi connectivity index (χ4n) is 3.87. The molecule has 0 aliphatic rings. The average Bonchev–Trinajstić information content (AvgIpc) is 3.33. The molecule has 8 nitrogen and oxygen atoms in total. The van der Waals surface area contributed by atoms with Crippen LogP contribution in [0.15, 0.2) is 60.9 Å². The predicted octanol–water partition coefficient (Wildman–Crippen LogP) is 5.73. The van der Waals surface area contributed by atoms with Gasteiger partial charge in [-0.1, -0.05) is 43.2 Å². The summed E-state index contributed by atoms with van der Waals surface area (Å²) < 4.78 is 12.6. The van der Waals surface area contributed by atoms with Crippen LogP contribution in [0.25, 0.3) is 11.2 Å². The molecule has 2 aromatic heterocycles. The maximum absolute atomic E-state index is 11.1. The van der Waals surface area contributed by atoms with E-state index in [2.05, 4.69) is 38.2 Å². The van der Waals surface area contributed by atoms with Crippen molar-refractivity contribution in [3.8, 4) is 5.75 Å². The van der Waals surface area contributed by atoms with Crippen LogP contribution in [0, 0.1) is 0 Å². The zero-order chi connectivity index (χ0) is 25.2. The van der Waals surface area contributed by atoms with Gasteiger partial charge in [0.05, 0.1) is 19.4 Å². The number of unbranched alkanes of at least 4 members (excludes halogenated alkanes) is 3. The van der Waals surface area contributed by atoms with E-state index < -0.39 is 0 Å². The van der Waals surface area contributed by atoms with Gasteiger partial charge in [0.1, 0.15) is 17.6 Å². The van der Waals surface area contributed by atoms with Gasteiger partial charge in [-0.25, -0.2) is 9.97 Å². The molecule has 1 N–H and O–H groups in total. The number of rotatable bonds is 13. The van der Waals surface area contributed by atoms with Crippen molar-refractivity contribution in [1.29, 1.82) is 0 Å². The van der Waals surface area contributed by atoms with Gasteiger partial charge < -0.3 is 14.8 Å². The molecule has 0 aliphatic heterocycles. The molecular weight excluding hydrogens is 473 g/mol. The van der Waals surface area contributed by atoms with E-state index in [-0.39, 0.29) is 5.97 Å². The van der Waals surface area contributed by atoms with E-state index in [0.717, 1.165) is 54.0 Å². The summed E-state index contributed by atoms with van der Waals surface area (Å²) in [5.74, 6) is 1.23. The second kappa shape index (κ2) is 13.0. The Morgan fingerprint density at radius 3 is 2.53 bits per heavy atom. The lowest BCUT2D eigenvalue weighted by atomic mass is 10.1. The summed E-state index contributed by atoms with van der Waals surface area (Å²) >= 11 is 0. The summed E-state index contributed by atoms with van der Waals surface area (Å²) in [7, 11) is 1.96. The van der Waals surface area contributed by atoms with Gasteiger partial charge in [0.25, 0.3) is 0 Å². The maximum atomic E-state index is 11.1. The number of hydrogen-bond donors (Lipinski definition) is 1. The highest BCUT2D eigenvalue weighted by Gasteiger charge is 2.14. The first kappa shape index (κ1) is 25.6. The molecule has 1 atom stereocenters. The van der Waals surface area contributed by atoms with Gasteiger partial charge in [0.2, 0.25) is 5.95 Å². The quantitative estimate of drug-likeness (QED) is 0.141. The number of fused-ring (bicyclic) bond motifs is 1. The van der Waals surface area contributed by atoms with Crippen LogP contribution >= 0.6 is 8.73 Å². The van der Waals surface area contributed by atoms with Crippen molar-refractivity contribution < 1.29 is 14.3 Å². The number of carbonyl (C=O) groups excluding carboxylic acids is 1. The second-order valence-corrected chi connectivity index (χ2v) is 9.33. The molecule has 9 heteroatoms. The molecule has 0 radical (unpaired) electrons. The first-order chi connectivity index (χ1) is 17.7. The lowest BCUT2D eigenvalue weighted by molar-refractivity contribution is -0.140. The minimum Gasteiger partial charge on any atom is -0.494 e. The molecule has 4 aromatic rings. The van der Waals surface area contributed by atoms with E-state index in [4.69, 9.17) is 14.7 Å². The number of nitrogens with one attached hydrogen (secondary N) is 1. The Bertz CT molecular complexity index is 1260. The number of anilines is 2. The summed E-state index contributed by atoms with van der Waals surface area (Å²) in [6.07, 6.45) is 6.83. The number of aromatic nitrogens is 4.